The van der Waals surface area contributed by atoms with E-state index >= 15 is 0 Å². The van der Waals surface area contributed by atoms with Crippen LogP contribution in [0.2, 0.25) is 0 Å². The lowest BCUT2D eigenvalue weighted by Gasteiger charge is -2.23. The highest BCUT2D eigenvalue weighted by molar-refractivity contribution is 6.09. The average molecular weight is 460 g/mol. The van der Waals surface area contributed by atoms with Crippen molar-refractivity contribution >= 4 is 29.4 Å². The Labute approximate surface area is 196 Å². The Hall–Kier alpha value is -3.94. The van der Waals surface area contributed by atoms with Crippen LogP contribution in [0.5, 0.6) is 11.5 Å². The van der Waals surface area contributed by atoms with Crippen LogP contribution in [0.4, 0.5) is 5.69 Å². The van der Waals surface area contributed by atoms with Crippen molar-refractivity contribution in [1.82, 2.24) is 4.90 Å². The third-order valence-electron chi connectivity index (χ3n) is 6.70. The molecule has 174 valence electrons. The van der Waals surface area contributed by atoms with Crippen LogP contribution in [0.1, 0.15) is 13.3 Å². The van der Waals surface area contributed by atoms with Crippen LogP contribution >= 0.6 is 0 Å². The van der Waals surface area contributed by atoms with Crippen molar-refractivity contribution < 1.29 is 28.7 Å². The number of fused-ring (bicyclic) bond motifs is 5. The van der Waals surface area contributed by atoms with Crippen molar-refractivity contribution in [2.75, 3.05) is 11.9 Å². The van der Waals surface area contributed by atoms with Crippen LogP contribution in [0.3, 0.4) is 0 Å². The summed E-state index contributed by atoms with van der Waals surface area (Å²) in [4.78, 5) is 51.4. The van der Waals surface area contributed by atoms with Crippen molar-refractivity contribution in [2.45, 2.75) is 19.4 Å². The number of hydrogen-bond donors (Lipinski definition) is 1. The van der Waals surface area contributed by atoms with Gasteiger partial charge in [0.2, 0.25) is 11.8 Å². The van der Waals surface area contributed by atoms with Crippen molar-refractivity contribution in [1.29, 1.82) is 0 Å². The molecular formula is C26H24N2O6. The summed E-state index contributed by atoms with van der Waals surface area (Å²) in [5, 5.41) is 2.64. The lowest BCUT2D eigenvalue weighted by molar-refractivity contribution is -0.159. The first-order valence-corrected chi connectivity index (χ1v) is 11.3. The predicted octanol–water partition coefficient (Wildman–Crippen LogP) is 3.16. The minimum absolute atomic E-state index is 0.0647. The number of hydrogen-bond acceptors (Lipinski definition) is 6. The smallest absolute Gasteiger partial charge is 0.329 e. The van der Waals surface area contributed by atoms with Gasteiger partial charge in [-0.05, 0) is 61.6 Å². The van der Waals surface area contributed by atoms with Crippen LogP contribution in [-0.2, 0) is 23.9 Å². The molecular weight excluding hydrogens is 436 g/mol. The zero-order valence-corrected chi connectivity index (χ0v) is 18.5. The van der Waals surface area contributed by atoms with E-state index in [1.807, 2.05) is 42.5 Å². The molecule has 3 aliphatic rings. The van der Waals surface area contributed by atoms with Gasteiger partial charge in [-0.15, -0.1) is 0 Å². The summed E-state index contributed by atoms with van der Waals surface area (Å²) in [5.41, 5.74) is 0.509. The Morgan fingerprint density at radius 3 is 2.15 bits per heavy atom. The first kappa shape index (κ1) is 21.9. The normalized spacial score (nSPS) is 25.3. The Morgan fingerprint density at radius 1 is 0.941 bits per heavy atom. The van der Waals surface area contributed by atoms with Gasteiger partial charge in [-0.2, -0.15) is 0 Å². The number of carbonyl (C=O) groups excluding carboxylic acids is 4. The summed E-state index contributed by atoms with van der Waals surface area (Å²) in [5.74, 6) is -1.29. The molecule has 5 rings (SSSR count). The van der Waals surface area contributed by atoms with E-state index in [-0.39, 0.29) is 35.5 Å². The first-order chi connectivity index (χ1) is 16.4. The summed E-state index contributed by atoms with van der Waals surface area (Å²) in [6.07, 6.45) is 4.81. The van der Waals surface area contributed by atoms with Gasteiger partial charge in [0.15, 0.2) is 6.61 Å². The minimum Gasteiger partial charge on any atom is -0.457 e. The van der Waals surface area contributed by atoms with Crippen LogP contribution in [0.25, 0.3) is 0 Å². The molecule has 8 heteroatoms. The van der Waals surface area contributed by atoms with Crippen molar-refractivity contribution in [3.8, 4) is 11.5 Å². The number of benzene rings is 2. The monoisotopic (exact) mass is 460 g/mol. The number of esters is 1. The van der Waals surface area contributed by atoms with E-state index in [0.29, 0.717) is 17.2 Å². The molecule has 2 aromatic rings. The number of nitrogens with one attached hydrogen (secondary N) is 1. The molecule has 2 aromatic carbocycles. The van der Waals surface area contributed by atoms with Gasteiger partial charge in [-0.25, -0.2) is 4.79 Å². The van der Waals surface area contributed by atoms with Gasteiger partial charge in [0.1, 0.15) is 17.5 Å². The van der Waals surface area contributed by atoms with E-state index in [0.717, 1.165) is 11.3 Å². The predicted molar refractivity (Wildman–Crippen MR) is 122 cm³/mol. The number of amides is 3. The Kier molecular flexibility index (Phi) is 5.65. The second kappa shape index (κ2) is 8.78. The molecule has 1 N–H and O–H groups in total. The number of anilines is 1. The number of ether oxygens (including phenoxy) is 2. The topological polar surface area (TPSA) is 102 Å². The highest BCUT2D eigenvalue weighted by atomic mass is 16.5. The summed E-state index contributed by atoms with van der Waals surface area (Å²) in [6, 6.07) is 15.0. The quantitative estimate of drug-likeness (QED) is 0.387. The number of nitrogens with zero attached hydrogens (tertiary/aromatic N) is 1. The largest absolute Gasteiger partial charge is 0.457 e. The maximum Gasteiger partial charge on any atom is 0.329 e. The van der Waals surface area contributed by atoms with Gasteiger partial charge in [-0.3, -0.25) is 19.3 Å². The molecule has 5 atom stereocenters. The molecule has 2 bridgehead atoms. The molecule has 0 spiro atoms. The lowest BCUT2D eigenvalue weighted by atomic mass is 9.85. The molecule has 0 radical (unpaired) electrons. The highest BCUT2D eigenvalue weighted by Crippen LogP contribution is 2.52. The molecule has 2 aliphatic carbocycles. The van der Waals surface area contributed by atoms with E-state index in [1.54, 1.807) is 24.3 Å². The molecule has 8 nitrogen and oxygen atoms in total. The van der Waals surface area contributed by atoms with E-state index in [9.17, 15) is 19.2 Å². The highest BCUT2D eigenvalue weighted by Gasteiger charge is 2.60. The molecule has 1 heterocycles. The van der Waals surface area contributed by atoms with Crippen LogP contribution in [0, 0.1) is 23.7 Å². The van der Waals surface area contributed by atoms with Crippen molar-refractivity contribution in [2.24, 2.45) is 23.7 Å². The molecule has 2 fully saturated rings. The van der Waals surface area contributed by atoms with Crippen molar-refractivity contribution in [3.63, 3.8) is 0 Å². The molecule has 1 saturated heterocycles. The fourth-order valence-corrected chi connectivity index (χ4v) is 5.10. The Bertz CT molecular complexity index is 1130. The molecule has 34 heavy (non-hydrogen) atoms. The van der Waals surface area contributed by atoms with E-state index in [2.05, 4.69) is 5.32 Å². The third kappa shape index (κ3) is 3.96. The fourth-order valence-electron chi connectivity index (χ4n) is 5.10. The number of likely N-dealkylation sites (tertiary alicyclic amines) is 1. The standard InChI is InChI=1S/C26H24N2O6/c1-15(28-24(30)22-16-7-8-17(13-16)23(22)25(28)31)26(32)33-14-21(29)27-18-9-11-20(12-10-18)34-19-5-3-2-4-6-19/h2-12,15-17,22-23H,13-14H2,1H3,(H,27,29)/t15-,16-,17-,22-,23+/m0/s1. The SMILES string of the molecule is C[C@@H](C(=O)OCC(=O)Nc1ccc(Oc2ccccc2)cc1)N1C(=O)[C@@H]2[C@H](C1=O)[C@H]1C=C[C@H]2C1. The van der Waals surface area contributed by atoms with E-state index < -0.39 is 24.5 Å². The zero-order chi connectivity index (χ0) is 23.8. The van der Waals surface area contributed by atoms with Crippen LogP contribution in [0.15, 0.2) is 66.7 Å². The molecule has 0 unspecified atom stereocenters. The van der Waals surface area contributed by atoms with Gasteiger partial charge in [-0.1, -0.05) is 30.4 Å². The maximum absolute atomic E-state index is 12.8. The lowest BCUT2D eigenvalue weighted by Crippen LogP contribution is -2.45. The molecule has 0 aromatic heterocycles. The van der Waals surface area contributed by atoms with E-state index in [4.69, 9.17) is 9.47 Å². The van der Waals surface area contributed by atoms with Gasteiger partial charge in [0.25, 0.3) is 5.91 Å². The molecule has 1 saturated carbocycles. The van der Waals surface area contributed by atoms with Crippen molar-refractivity contribution in [3.05, 3.63) is 66.7 Å². The summed E-state index contributed by atoms with van der Waals surface area (Å²) < 4.78 is 10.8. The van der Waals surface area contributed by atoms with Crippen LogP contribution in [-0.4, -0.2) is 41.2 Å². The average Bonchev–Trinajstić information content (AvgIpc) is 3.52. The van der Waals surface area contributed by atoms with E-state index in [1.165, 1.54) is 6.92 Å². The second-order valence-electron chi connectivity index (χ2n) is 8.82. The van der Waals surface area contributed by atoms with Gasteiger partial charge in [0, 0.05) is 5.69 Å². The zero-order valence-electron chi connectivity index (χ0n) is 18.5. The molecule has 1 aliphatic heterocycles. The van der Waals surface area contributed by atoms with Gasteiger partial charge in [0.05, 0.1) is 11.8 Å². The van der Waals surface area contributed by atoms with Gasteiger partial charge < -0.3 is 14.8 Å². The Balaban J connectivity index is 1.12. The number of allylic oxidation sites excluding steroid dienone is 2. The summed E-state index contributed by atoms with van der Waals surface area (Å²) in [7, 11) is 0. The Morgan fingerprint density at radius 2 is 1.53 bits per heavy atom. The third-order valence-corrected chi connectivity index (χ3v) is 6.70. The summed E-state index contributed by atoms with van der Waals surface area (Å²) >= 11 is 0. The number of rotatable bonds is 7. The molecule has 3 amide bonds. The summed E-state index contributed by atoms with van der Waals surface area (Å²) in [6.45, 7) is 0.930. The number of carbonyl (C=O) groups is 4. The van der Waals surface area contributed by atoms with Gasteiger partial charge >= 0.3 is 5.97 Å². The first-order valence-electron chi connectivity index (χ1n) is 11.3. The maximum atomic E-state index is 12.8. The second-order valence-corrected chi connectivity index (χ2v) is 8.82. The minimum atomic E-state index is -1.08. The number of para-hydroxylation sites is 1. The number of imide groups is 1. The fraction of sp³-hybridized carbons (Fsp3) is 0.308. The van der Waals surface area contributed by atoms with Crippen LogP contribution < -0.4 is 10.1 Å².